The molecule has 1 aliphatic rings. The highest BCUT2D eigenvalue weighted by Gasteiger charge is 2.30. The van der Waals surface area contributed by atoms with Crippen LogP contribution in [0.4, 0.5) is 18.9 Å². The third kappa shape index (κ3) is 5.52. The zero-order chi connectivity index (χ0) is 21.7. The van der Waals surface area contributed by atoms with E-state index in [9.17, 15) is 18.0 Å². The second-order valence-electron chi connectivity index (χ2n) is 7.44. The van der Waals surface area contributed by atoms with Crippen LogP contribution in [0.1, 0.15) is 27.5 Å². The number of hydrogen-bond acceptors (Lipinski definition) is 4. The summed E-state index contributed by atoms with van der Waals surface area (Å²) in [5, 5.41) is 2.88. The van der Waals surface area contributed by atoms with Crippen molar-refractivity contribution in [2.45, 2.75) is 12.2 Å². The number of carbonyl (C=O) groups is 1. The second-order valence-corrected chi connectivity index (χ2v) is 7.44. The minimum absolute atomic E-state index is 0.0523. The van der Waals surface area contributed by atoms with Gasteiger partial charge in [-0.2, -0.15) is 13.2 Å². The van der Waals surface area contributed by atoms with E-state index in [-0.39, 0.29) is 11.6 Å². The Morgan fingerprint density at radius 2 is 1.67 bits per heavy atom. The fraction of sp³-hybridized carbons (Fsp3) is 0.409. The minimum Gasteiger partial charge on any atom is -0.379 e. The van der Waals surface area contributed by atoms with Gasteiger partial charge < -0.3 is 15.0 Å². The number of benzene rings is 2. The Balaban J connectivity index is 1.72. The second kappa shape index (κ2) is 9.49. The smallest absolute Gasteiger partial charge is 0.379 e. The first kappa shape index (κ1) is 22.1. The molecule has 1 N–H and O–H groups in total. The molecule has 3 rings (SSSR count). The van der Waals surface area contributed by atoms with Crippen LogP contribution >= 0.6 is 0 Å². The van der Waals surface area contributed by atoms with Crippen molar-refractivity contribution in [2.75, 3.05) is 51.8 Å². The zero-order valence-corrected chi connectivity index (χ0v) is 17.1. The van der Waals surface area contributed by atoms with Gasteiger partial charge >= 0.3 is 6.18 Å². The molecule has 0 aliphatic carbocycles. The molecule has 1 aliphatic heterocycles. The molecule has 8 heteroatoms. The summed E-state index contributed by atoms with van der Waals surface area (Å²) < 4.78 is 43.6. The van der Waals surface area contributed by atoms with E-state index in [1.165, 1.54) is 12.1 Å². The van der Waals surface area contributed by atoms with E-state index in [4.69, 9.17) is 4.74 Å². The lowest BCUT2D eigenvalue weighted by atomic mass is 10.0. The van der Waals surface area contributed by atoms with Crippen molar-refractivity contribution in [3.05, 3.63) is 65.2 Å². The highest BCUT2D eigenvalue weighted by molar-refractivity contribution is 5.94. The van der Waals surface area contributed by atoms with Crippen LogP contribution in [0, 0.1) is 0 Å². The van der Waals surface area contributed by atoms with Crippen LogP contribution in [0.2, 0.25) is 0 Å². The first-order valence-corrected chi connectivity index (χ1v) is 9.80. The van der Waals surface area contributed by atoms with Gasteiger partial charge in [-0.05, 0) is 42.0 Å². The van der Waals surface area contributed by atoms with E-state index >= 15 is 0 Å². The van der Waals surface area contributed by atoms with Gasteiger partial charge in [0.25, 0.3) is 5.91 Å². The molecule has 1 heterocycles. The van der Waals surface area contributed by atoms with Gasteiger partial charge in [0.2, 0.25) is 0 Å². The Morgan fingerprint density at radius 3 is 2.20 bits per heavy atom. The average molecular weight is 421 g/mol. The summed E-state index contributed by atoms with van der Waals surface area (Å²) in [6, 6.07) is 12.3. The van der Waals surface area contributed by atoms with Gasteiger partial charge in [0, 0.05) is 45.0 Å². The minimum atomic E-state index is -4.42. The molecule has 2 aromatic carbocycles. The number of hydrogen-bond donors (Lipinski definition) is 1. The molecular weight excluding hydrogens is 395 g/mol. The maximum absolute atomic E-state index is 12.7. The lowest BCUT2D eigenvalue weighted by Gasteiger charge is -2.35. The molecule has 1 atom stereocenters. The van der Waals surface area contributed by atoms with Crippen LogP contribution in [0.5, 0.6) is 0 Å². The number of ether oxygens (including phenoxy) is 1. The number of carbonyl (C=O) groups excluding carboxylic acids is 1. The van der Waals surface area contributed by atoms with Crippen LogP contribution in [-0.4, -0.2) is 57.8 Å². The lowest BCUT2D eigenvalue weighted by Crippen LogP contribution is -2.43. The van der Waals surface area contributed by atoms with Crippen LogP contribution in [-0.2, 0) is 10.9 Å². The molecule has 1 saturated heterocycles. The van der Waals surface area contributed by atoms with Gasteiger partial charge in [-0.15, -0.1) is 0 Å². The maximum Gasteiger partial charge on any atom is 0.416 e. The molecule has 0 aromatic heterocycles. The van der Waals surface area contributed by atoms with Crippen molar-refractivity contribution in [1.82, 2.24) is 10.2 Å². The maximum atomic E-state index is 12.7. The molecule has 2 aromatic rings. The molecule has 0 radical (unpaired) electrons. The number of alkyl halides is 3. The molecule has 1 fully saturated rings. The summed E-state index contributed by atoms with van der Waals surface area (Å²) in [4.78, 5) is 16.8. The highest BCUT2D eigenvalue weighted by Crippen LogP contribution is 2.29. The number of nitrogens with one attached hydrogen (secondary N) is 1. The Morgan fingerprint density at radius 1 is 1.07 bits per heavy atom. The normalized spacial score (nSPS) is 16.2. The van der Waals surface area contributed by atoms with Gasteiger partial charge in [-0.25, -0.2) is 0 Å². The van der Waals surface area contributed by atoms with Gasteiger partial charge in [-0.1, -0.05) is 12.1 Å². The van der Waals surface area contributed by atoms with Crippen molar-refractivity contribution in [3.8, 4) is 0 Å². The summed E-state index contributed by atoms with van der Waals surface area (Å²) >= 11 is 0. The van der Waals surface area contributed by atoms with Crippen molar-refractivity contribution >= 4 is 11.6 Å². The Bertz CT molecular complexity index is 830. The lowest BCUT2D eigenvalue weighted by molar-refractivity contribution is -0.137. The quantitative estimate of drug-likeness (QED) is 0.775. The third-order valence-electron chi connectivity index (χ3n) is 5.21. The summed E-state index contributed by atoms with van der Waals surface area (Å²) in [5.41, 5.74) is 1.57. The molecule has 0 saturated carbocycles. The molecule has 0 bridgehead atoms. The summed E-state index contributed by atoms with van der Waals surface area (Å²) in [5.74, 6) is -0.396. The largest absolute Gasteiger partial charge is 0.416 e. The fourth-order valence-electron chi connectivity index (χ4n) is 3.44. The third-order valence-corrected chi connectivity index (χ3v) is 5.21. The van der Waals surface area contributed by atoms with E-state index in [1.807, 2.05) is 43.3 Å². The van der Waals surface area contributed by atoms with E-state index in [0.29, 0.717) is 19.8 Å². The molecule has 162 valence electrons. The van der Waals surface area contributed by atoms with Gasteiger partial charge in [-0.3, -0.25) is 9.69 Å². The number of nitrogens with zero attached hydrogens (tertiary/aromatic N) is 2. The highest BCUT2D eigenvalue weighted by atomic mass is 19.4. The van der Waals surface area contributed by atoms with Crippen molar-refractivity contribution in [1.29, 1.82) is 0 Å². The van der Waals surface area contributed by atoms with E-state index in [0.717, 1.165) is 36.5 Å². The van der Waals surface area contributed by atoms with Gasteiger partial charge in [0.15, 0.2) is 0 Å². The Hall–Kier alpha value is -2.58. The molecule has 1 amide bonds. The van der Waals surface area contributed by atoms with E-state index in [1.54, 1.807) is 0 Å². The van der Waals surface area contributed by atoms with E-state index < -0.39 is 17.6 Å². The average Bonchev–Trinajstić information content (AvgIpc) is 2.74. The first-order valence-electron chi connectivity index (χ1n) is 9.80. The standard InChI is InChI=1S/C22H26F3N3O2/c1-27(2)19-9-5-16(6-10-19)20(28-11-13-30-14-12-28)15-26-21(29)17-3-7-18(8-4-17)22(23,24)25/h3-10,20H,11-15H2,1-2H3,(H,26,29)/t20-/m0/s1. The van der Waals surface area contributed by atoms with Crippen LogP contribution < -0.4 is 10.2 Å². The predicted molar refractivity (Wildman–Crippen MR) is 110 cm³/mol. The summed E-state index contributed by atoms with van der Waals surface area (Å²) in [6.45, 7) is 3.09. The summed E-state index contributed by atoms with van der Waals surface area (Å²) in [6.07, 6.45) is -4.42. The molecule has 0 unspecified atom stereocenters. The topological polar surface area (TPSA) is 44.8 Å². The first-order chi connectivity index (χ1) is 14.3. The molecule has 30 heavy (non-hydrogen) atoms. The molecule has 5 nitrogen and oxygen atoms in total. The van der Waals surface area contributed by atoms with Crippen molar-refractivity contribution in [2.24, 2.45) is 0 Å². The fourth-order valence-corrected chi connectivity index (χ4v) is 3.44. The van der Waals surface area contributed by atoms with Crippen molar-refractivity contribution < 1.29 is 22.7 Å². The number of anilines is 1. The Labute approximate surface area is 174 Å². The monoisotopic (exact) mass is 421 g/mol. The predicted octanol–water partition coefficient (Wildman–Crippen LogP) is 3.57. The van der Waals surface area contributed by atoms with E-state index in [2.05, 4.69) is 10.2 Å². The number of amides is 1. The van der Waals surface area contributed by atoms with Gasteiger partial charge in [0.05, 0.1) is 24.8 Å². The number of halogens is 3. The van der Waals surface area contributed by atoms with Crippen molar-refractivity contribution in [3.63, 3.8) is 0 Å². The number of morpholine rings is 1. The number of rotatable bonds is 6. The molecular formula is C22H26F3N3O2. The SMILES string of the molecule is CN(C)c1ccc([C@H](CNC(=O)c2ccc(C(F)(F)F)cc2)N2CCOCC2)cc1. The van der Waals surface area contributed by atoms with Crippen LogP contribution in [0.3, 0.4) is 0 Å². The van der Waals surface area contributed by atoms with Crippen LogP contribution in [0.15, 0.2) is 48.5 Å². The van der Waals surface area contributed by atoms with Gasteiger partial charge in [0.1, 0.15) is 0 Å². The van der Waals surface area contributed by atoms with Crippen LogP contribution in [0.25, 0.3) is 0 Å². The Kier molecular flexibility index (Phi) is 6.99. The zero-order valence-electron chi connectivity index (χ0n) is 17.1. The summed E-state index contributed by atoms with van der Waals surface area (Å²) in [7, 11) is 3.94. The molecule has 0 spiro atoms.